The van der Waals surface area contributed by atoms with Gasteiger partial charge in [-0.2, -0.15) is 0 Å². The molecule has 0 saturated heterocycles. The van der Waals surface area contributed by atoms with Crippen LogP contribution >= 0.6 is 0 Å². The molecule has 0 aliphatic heterocycles. The summed E-state index contributed by atoms with van der Waals surface area (Å²) in [5.74, 6) is -1.41. The molecule has 0 aliphatic rings. The zero-order chi connectivity index (χ0) is 21.5. The van der Waals surface area contributed by atoms with Gasteiger partial charge in [-0.15, -0.1) is 0 Å². The number of nitrogens with one attached hydrogen (secondary N) is 2. The van der Waals surface area contributed by atoms with Crippen LogP contribution in [0.15, 0.2) is 78.9 Å². The highest BCUT2D eigenvalue weighted by Gasteiger charge is 2.21. The Morgan fingerprint density at radius 2 is 1.43 bits per heavy atom. The van der Waals surface area contributed by atoms with Gasteiger partial charge in [-0.3, -0.25) is 14.4 Å². The third-order valence-corrected chi connectivity index (χ3v) is 4.63. The van der Waals surface area contributed by atoms with E-state index in [-0.39, 0.29) is 17.9 Å². The van der Waals surface area contributed by atoms with Gasteiger partial charge in [0.2, 0.25) is 11.8 Å². The summed E-state index contributed by atoms with van der Waals surface area (Å²) in [7, 11) is 0. The van der Waals surface area contributed by atoms with Gasteiger partial charge >= 0.3 is 0 Å². The van der Waals surface area contributed by atoms with Crippen LogP contribution in [0, 0.1) is 0 Å². The van der Waals surface area contributed by atoms with E-state index in [4.69, 9.17) is 5.73 Å². The van der Waals surface area contributed by atoms with Gasteiger partial charge < -0.3 is 16.4 Å². The largest absolute Gasteiger partial charge is 0.368 e. The number of carbonyl (C=O) groups is 3. The first-order chi connectivity index (χ1) is 14.4. The van der Waals surface area contributed by atoms with Crippen LogP contribution in [0.2, 0.25) is 0 Å². The van der Waals surface area contributed by atoms with Gasteiger partial charge in [0.15, 0.2) is 0 Å². The summed E-state index contributed by atoms with van der Waals surface area (Å²) in [6.07, 6.45) is 0.262. The first-order valence-corrected chi connectivity index (χ1v) is 9.55. The lowest BCUT2D eigenvalue weighted by atomic mass is 10.00. The standard InChI is InChI=1S/C24H23N3O3/c1-16(28)26-21-10-6-5-9-20(21)24(30)27-22(23(25)29)15-17-11-13-19(14-12-17)18-7-3-2-4-8-18/h2-14,22H,15H2,1H3,(H2,25,29)(H,26,28)(H,27,30)/t22-/m0/s1. The summed E-state index contributed by atoms with van der Waals surface area (Å²) in [4.78, 5) is 36.1. The molecule has 3 amide bonds. The summed E-state index contributed by atoms with van der Waals surface area (Å²) in [5, 5.41) is 5.29. The highest BCUT2D eigenvalue weighted by Crippen LogP contribution is 2.20. The number of nitrogens with two attached hydrogens (primary N) is 1. The van der Waals surface area contributed by atoms with Crippen LogP contribution in [0.5, 0.6) is 0 Å². The highest BCUT2D eigenvalue weighted by molar-refractivity contribution is 6.04. The smallest absolute Gasteiger partial charge is 0.254 e. The van der Waals surface area contributed by atoms with E-state index < -0.39 is 17.9 Å². The Morgan fingerprint density at radius 1 is 0.833 bits per heavy atom. The van der Waals surface area contributed by atoms with Crippen LogP contribution in [-0.4, -0.2) is 23.8 Å². The van der Waals surface area contributed by atoms with E-state index in [0.29, 0.717) is 5.69 Å². The molecule has 3 rings (SSSR count). The van der Waals surface area contributed by atoms with Crippen molar-refractivity contribution in [2.75, 3.05) is 5.32 Å². The van der Waals surface area contributed by atoms with Crippen LogP contribution in [0.3, 0.4) is 0 Å². The number of carbonyl (C=O) groups excluding carboxylic acids is 3. The quantitative estimate of drug-likeness (QED) is 0.567. The molecule has 0 saturated carbocycles. The van der Waals surface area contributed by atoms with Crippen LogP contribution in [0.4, 0.5) is 5.69 Å². The molecule has 4 N–H and O–H groups in total. The fourth-order valence-corrected chi connectivity index (χ4v) is 3.14. The molecule has 0 heterocycles. The monoisotopic (exact) mass is 401 g/mol. The second-order valence-electron chi connectivity index (χ2n) is 6.92. The summed E-state index contributed by atoms with van der Waals surface area (Å²) in [5.41, 5.74) is 9.19. The lowest BCUT2D eigenvalue weighted by Crippen LogP contribution is -2.46. The topological polar surface area (TPSA) is 101 Å². The number of rotatable bonds is 7. The SMILES string of the molecule is CC(=O)Nc1ccccc1C(=O)N[C@@H](Cc1ccc(-c2ccccc2)cc1)C(N)=O. The summed E-state index contributed by atoms with van der Waals surface area (Å²) < 4.78 is 0. The maximum absolute atomic E-state index is 12.7. The maximum Gasteiger partial charge on any atom is 0.254 e. The van der Waals surface area contributed by atoms with Crippen LogP contribution in [0.25, 0.3) is 11.1 Å². The molecule has 152 valence electrons. The summed E-state index contributed by atoms with van der Waals surface area (Å²) in [6, 6.07) is 23.4. The van der Waals surface area contributed by atoms with Crippen molar-refractivity contribution in [1.82, 2.24) is 5.32 Å². The van der Waals surface area contributed by atoms with Crippen LogP contribution in [0.1, 0.15) is 22.8 Å². The van der Waals surface area contributed by atoms with E-state index in [1.165, 1.54) is 6.92 Å². The molecule has 0 aromatic heterocycles. The Balaban J connectivity index is 1.73. The van der Waals surface area contributed by atoms with E-state index in [1.807, 2.05) is 54.6 Å². The maximum atomic E-state index is 12.7. The number of primary amides is 1. The second kappa shape index (κ2) is 9.52. The second-order valence-corrected chi connectivity index (χ2v) is 6.92. The molecule has 3 aromatic rings. The molecular weight excluding hydrogens is 378 g/mol. The third kappa shape index (κ3) is 5.32. The normalized spacial score (nSPS) is 11.4. The Labute approximate surface area is 175 Å². The number of anilines is 1. The molecule has 0 bridgehead atoms. The minimum Gasteiger partial charge on any atom is -0.368 e. The van der Waals surface area contributed by atoms with Crippen molar-refractivity contribution < 1.29 is 14.4 Å². The van der Waals surface area contributed by atoms with Gasteiger partial charge in [-0.05, 0) is 28.8 Å². The number of hydrogen-bond donors (Lipinski definition) is 3. The molecule has 1 atom stereocenters. The molecular formula is C24H23N3O3. The zero-order valence-electron chi connectivity index (χ0n) is 16.6. The van der Waals surface area contributed by atoms with E-state index in [0.717, 1.165) is 16.7 Å². The molecule has 30 heavy (non-hydrogen) atoms. The first kappa shape index (κ1) is 20.8. The van der Waals surface area contributed by atoms with Crippen molar-refractivity contribution in [3.8, 4) is 11.1 Å². The summed E-state index contributed by atoms with van der Waals surface area (Å²) in [6.45, 7) is 1.36. The molecule has 6 nitrogen and oxygen atoms in total. The van der Waals surface area contributed by atoms with Gasteiger partial charge in [0.05, 0.1) is 11.3 Å². The highest BCUT2D eigenvalue weighted by atomic mass is 16.2. The van der Waals surface area contributed by atoms with Crippen molar-refractivity contribution in [1.29, 1.82) is 0 Å². The first-order valence-electron chi connectivity index (χ1n) is 9.55. The van der Waals surface area contributed by atoms with Crippen molar-refractivity contribution in [2.24, 2.45) is 5.73 Å². The zero-order valence-corrected chi connectivity index (χ0v) is 16.6. The molecule has 0 unspecified atom stereocenters. The van der Waals surface area contributed by atoms with Crippen LogP contribution in [-0.2, 0) is 16.0 Å². The number of amides is 3. The van der Waals surface area contributed by atoms with E-state index in [2.05, 4.69) is 10.6 Å². The molecule has 0 aliphatic carbocycles. The third-order valence-electron chi connectivity index (χ3n) is 4.63. The molecule has 0 spiro atoms. The van der Waals surface area contributed by atoms with Gasteiger partial charge in [-0.25, -0.2) is 0 Å². The van der Waals surface area contributed by atoms with Gasteiger partial charge in [0.25, 0.3) is 5.91 Å². The number of para-hydroxylation sites is 1. The fourth-order valence-electron chi connectivity index (χ4n) is 3.14. The fraction of sp³-hybridized carbons (Fsp3) is 0.125. The van der Waals surface area contributed by atoms with Crippen molar-refractivity contribution in [2.45, 2.75) is 19.4 Å². The van der Waals surface area contributed by atoms with Crippen LogP contribution < -0.4 is 16.4 Å². The van der Waals surface area contributed by atoms with Gasteiger partial charge in [0, 0.05) is 13.3 Å². The lowest BCUT2D eigenvalue weighted by molar-refractivity contribution is -0.119. The van der Waals surface area contributed by atoms with Crippen molar-refractivity contribution >= 4 is 23.4 Å². The molecule has 3 aromatic carbocycles. The average molecular weight is 401 g/mol. The van der Waals surface area contributed by atoms with E-state index in [1.54, 1.807) is 24.3 Å². The number of hydrogen-bond acceptors (Lipinski definition) is 3. The number of benzene rings is 3. The Kier molecular flexibility index (Phi) is 6.60. The Bertz CT molecular complexity index is 1050. The van der Waals surface area contributed by atoms with Crippen molar-refractivity contribution in [3.63, 3.8) is 0 Å². The van der Waals surface area contributed by atoms with E-state index in [9.17, 15) is 14.4 Å². The minimum absolute atomic E-state index is 0.262. The Morgan fingerprint density at radius 3 is 2.07 bits per heavy atom. The average Bonchev–Trinajstić information content (AvgIpc) is 2.74. The van der Waals surface area contributed by atoms with Gasteiger partial charge in [0.1, 0.15) is 6.04 Å². The minimum atomic E-state index is -0.884. The molecule has 6 heteroatoms. The lowest BCUT2D eigenvalue weighted by Gasteiger charge is -2.17. The van der Waals surface area contributed by atoms with E-state index >= 15 is 0 Å². The van der Waals surface area contributed by atoms with Crippen molar-refractivity contribution in [3.05, 3.63) is 90.0 Å². The van der Waals surface area contributed by atoms with Gasteiger partial charge in [-0.1, -0.05) is 66.7 Å². The predicted octanol–water partition coefficient (Wildman–Crippen LogP) is 3.14. The Hall–Kier alpha value is -3.93. The summed E-state index contributed by atoms with van der Waals surface area (Å²) >= 11 is 0. The predicted molar refractivity (Wildman–Crippen MR) is 117 cm³/mol. The molecule has 0 fully saturated rings. The molecule has 0 radical (unpaired) electrons.